The number of pyridine rings is 1. The van der Waals surface area contributed by atoms with E-state index in [2.05, 4.69) is 20.9 Å². The van der Waals surface area contributed by atoms with E-state index >= 15 is 0 Å². The third-order valence-electron chi connectivity index (χ3n) is 2.35. The van der Waals surface area contributed by atoms with E-state index in [-0.39, 0.29) is 5.88 Å². The molecular formula is C13H10BrCl2NO. The second-order valence-electron chi connectivity index (χ2n) is 3.59. The second kappa shape index (κ2) is 6.41. The summed E-state index contributed by atoms with van der Waals surface area (Å²) in [5.41, 5.74) is 1.68. The Morgan fingerprint density at radius 3 is 2.67 bits per heavy atom. The van der Waals surface area contributed by atoms with Crippen LogP contribution in [0.15, 0.2) is 40.9 Å². The Morgan fingerprint density at radius 2 is 1.94 bits per heavy atom. The van der Waals surface area contributed by atoms with Gasteiger partial charge in [-0.2, -0.15) is 0 Å². The Bertz CT molecular complexity index is 548. The Hall–Kier alpha value is -0.770. The summed E-state index contributed by atoms with van der Waals surface area (Å²) in [5.74, 6) is 0.788. The summed E-state index contributed by atoms with van der Waals surface area (Å²) in [4.78, 5) is 4.23. The quantitative estimate of drug-likeness (QED) is 0.741. The number of hydrogen-bond donors (Lipinski definition) is 0. The number of rotatable bonds is 4. The molecule has 0 atom stereocenters. The molecule has 0 bridgehead atoms. The molecule has 18 heavy (non-hydrogen) atoms. The molecule has 0 aliphatic carbocycles. The molecule has 94 valence electrons. The highest BCUT2D eigenvalue weighted by atomic mass is 79.9. The first kappa shape index (κ1) is 13.7. The lowest BCUT2D eigenvalue weighted by Crippen LogP contribution is -1.99. The highest BCUT2D eigenvalue weighted by Crippen LogP contribution is 2.21. The minimum absolute atomic E-state index is 0.269. The van der Waals surface area contributed by atoms with E-state index < -0.39 is 0 Å². The monoisotopic (exact) mass is 345 g/mol. The molecule has 0 N–H and O–H groups in total. The zero-order valence-corrected chi connectivity index (χ0v) is 12.5. The summed E-state index contributed by atoms with van der Waals surface area (Å²) < 4.78 is 6.62. The van der Waals surface area contributed by atoms with Crippen molar-refractivity contribution < 1.29 is 4.74 Å². The number of halogens is 3. The number of alkyl halides is 1. The lowest BCUT2D eigenvalue weighted by Gasteiger charge is -2.08. The van der Waals surface area contributed by atoms with Gasteiger partial charge >= 0.3 is 0 Å². The van der Waals surface area contributed by atoms with Gasteiger partial charge in [0, 0.05) is 16.1 Å². The minimum atomic E-state index is 0.269. The van der Waals surface area contributed by atoms with Gasteiger partial charge in [-0.3, -0.25) is 0 Å². The molecule has 1 heterocycles. The molecular weight excluding hydrogens is 337 g/mol. The first-order valence-electron chi connectivity index (χ1n) is 5.28. The molecule has 0 fully saturated rings. The lowest BCUT2D eigenvalue weighted by atomic mass is 10.2. The van der Waals surface area contributed by atoms with Gasteiger partial charge in [0.05, 0.1) is 16.6 Å². The number of nitrogens with zero attached hydrogens (tertiary/aromatic N) is 1. The van der Waals surface area contributed by atoms with Crippen molar-refractivity contribution in [3.8, 4) is 5.88 Å². The van der Waals surface area contributed by atoms with Crippen molar-refractivity contribution >= 4 is 39.1 Å². The van der Waals surface area contributed by atoms with Crippen molar-refractivity contribution in [2.45, 2.75) is 12.5 Å². The highest BCUT2D eigenvalue weighted by Gasteiger charge is 2.05. The van der Waals surface area contributed by atoms with Gasteiger partial charge in [-0.05, 0) is 12.1 Å². The molecule has 0 aliphatic heterocycles. The van der Waals surface area contributed by atoms with Gasteiger partial charge in [0.1, 0.15) is 6.61 Å². The van der Waals surface area contributed by atoms with Gasteiger partial charge in [0.2, 0.25) is 5.88 Å². The summed E-state index contributed by atoms with van der Waals surface area (Å²) in [5, 5.41) is 0.554. The van der Waals surface area contributed by atoms with Gasteiger partial charge in [-0.1, -0.05) is 45.7 Å². The molecule has 5 heteroatoms. The van der Waals surface area contributed by atoms with Gasteiger partial charge in [-0.25, -0.2) is 4.98 Å². The molecule has 0 spiro atoms. The summed E-state index contributed by atoms with van der Waals surface area (Å²) in [7, 11) is 0. The number of ether oxygens (including phenoxy) is 1. The number of benzene rings is 1. The van der Waals surface area contributed by atoms with Crippen molar-refractivity contribution in [1.29, 1.82) is 0 Å². The van der Waals surface area contributed by atoms with Crippen LogP contribution in [-0.2, 0) is 12.5 Å². The zero-order chi connectivity index (χ0) is 13.0. The van der Waals surface area contributed by atoms with Gasteiger partial charge in [-0.15, -0.1) is 11.6 Å². The van der Waals surface area contributed by atoms with Crippen LogP contribution in [0.1, 0.15) is 11.3 Å². The normalized spacial score (nSPS) is 10.4. The first-order valence-corrected chi connectivity index (χ1v) is 6.99. The van der Waals surface area contributed by atoms with Crippen molar-refractivity contribution in [2.24, 2.45) is 0 Å². The van der Waals surface area contributed by atoms with Crippen LogP contribution in [0, 0.1) is 0 Å². The van der Waals surface area contributed by atoms with E-state index in [0.29, 0.717) is 23.2 Å². The van der Waals surface area contributed by atoms with Crippen LogP contribution in [0.25, 0.3) is 0 Å². The third-order valence-corrected chi connectivity index (χ3v) is 3.72. The first-order chi connectivity index (χ1) is 8.70. The highest BCUT2D eigenvalue weighted by molar-refractivity contribution is 9.10. The Morgan fingerprint density at radius 1 is 1.17 bits per heavy atom. The van der Waals surface area contributed by atoms with Crippen LogP contribution in [-0.4, -0.2) is 4.98 Å². The fraction of sp³-hybridized carbons (Fsp3) is 0.154. The number of hydrogen-bond acceptors (Lipinski definition) is 2. The van der Waals surface area contributed by atoms with Crippen LogP contribution in [0.2, 0.25) is 5.02 Å². The van der Waals surface area contributed by atoms with E-state index in [9.17, 15) is 0 Å². The lowest BCUT2D eigenvalue weighted by molar-refractivity contribution is 0.292. The van der Waals surface area contributed by atoms with Gasteiger partial charge in [0.15, 0.2) is 0 Å². The molecule has 0 saturated carbocycles. The molecule has 0 radical (unpaired) electrons. The molecule has 0 saturated heterocycles. The summed E-state index contributed by atoms with van der Waals surface area (Å²) in [6, 6.07) is 11.3. The predicted molar refractivity (Wildman–Crippen MR) is 77.3 cm³/mol. The van der Waals surface area contributed by atoms with Crippen LogP contribution >= 0.6 is 39.1 Å². The molecule has 0 unspecified atom stereocenters. The van der Waals surface area contributed by atoms with E-state index in [1.54, 1.807) is 12.1 Å². The predicted octanol–water partition coefficient (Wildman–Crippen LogP) is 4.82. The fourth-order valence-corrected chi connectivity index (χ4v) is 2.25. The van der Waals surface area contributed by atoms with Crippen molar-refractivity contribution in [3.05, 3.63) is 57.2 Å². The van der Waals surface area contributed by atoms with Crippen molar-refractivity contribution in [3.63, 3.8) is 0 Å². The Labute approximate surface area is 124 Å². The molecule has 1 aromatic carbocycles. The zero-order valence-electron chi connectivity index (χ0n) is 9.37. The maximum atomic E-state index is 5.93. The molecule has 2 nitrogen and oxygen atoms in total. The smallest absolute Gasteiger partial charge is 0.213 e. The standard InChI is InChI=1S/C13H10BrCl2NO/c14-10-4-2-1-3-9(10)8-18-13-6-5-11(16)12(7-15)17-13/h1-6H,7-8H2. The fourth-order valence-electron chi connectivity index (χ4n) is 1.41. The summed E-state index contributed by atoms with van der Waals surface area (Å²) in [6.07, 6.45) is 0. The molecule has 1 aromatic heterocycles. The maximum absolute atomic E-state index is 5.93. The minimum Gasteiger partial charge on any atom is -0.473 e. The molecule has 0 amide bonds. The number of aromatic nitrogens is 1. The molecule has 0 aliphatic rings. The summed E-state index contributed by atoms with van der Waals surface area (Å²) in [6.45, 7) is 0.442. The van der Waals surface area contributed by atoms with Crippen LogP contribution in [0.4, 0.5) is 0 Å². The second-order valence-corrected chi connectivity index (χ2v) is 5.12. The summed E-state index contributed by atoms with van der Waals surface area (Å²) >= 11 is 15.1. The van der Waals surface area contributed by atoms with E-state index in [0.717, 1.165) is 10.0 Å². The van der Waals surface area contributed by atoms with Crippen LogP contribution in [0.3, 0.4) is 0 Å². The Kier molecular flexibility index (Phi) is 4.87. The largest absolute Gasteiger partial charge is 0.473 e. The van der Waals surface area contributed by atoms with Crippen LogP contribution < -0.4 is 4.74 Å². The Balaban J connectivity index is 2.09. The average Bonchev–Trinajstić information content (AvgIpc) is 2.39. The topological polar surface area (TPSA) is 22.1 Å². The van der Waals surface area contributed by atoms with E-state index in [1.807, 2.05) is 24.3 Å². The van der Waals surface area contributed by atoms with Gasteiger partial charge in [0.25, 0.3) is 0 Å². The molecule has 2 rings (SSSR count). The molecule has 2 aromatic rings. The third kappa shape index (κ3) is 3.37. The van der Waals surface area contributed by atoms with Crippen molar-refractivity contribution in [1.82, 2.24) is 4.98 Å². The van der Waals surface area contributed by atoms with Crippen LogP contribution in [0.5, 0.6) is 5.88 Å². The SMILES string of the molecule is ClCc1nc(OCc2ccccc2Br)ccc1Cl. The average molecular weight is 347 g/mol. The van der Waals surface area contributed by atoms with Gasteiger partial charge < -0.3 is 4.74 Å². The maximum Gasteiger partial charge on any atom is 0.213 e. The van der Waals surface area contributed by atoms with Crippen molar-refractivity contribution in [2.75, 3.05) is 0 Å². The van der Waals surface area contributed by atoms with E-state index in [4.69, 9.17) is 27.9 Å². The van der Waals surface area contributed by atoms with E-state index in [1.165, 1.54) is 0 Å².